The van der Waals surface area contributed by atoms with Gasteiger partial charge in [0, 0.05) is 22.0 Å². The van der Waals surface area contributed by atoms with Crippen LogP contribution in [0.15, 0.2) is 176 Å². The number of aromatic nitrogens is 1. The Morgan fingerprint density at radius 3 is 1.42 bits per heavy atom. The Kier molecular flexibility index (Phi) is 7.27. The number of benzene rings is 7. The average molecular weight is 628 g/mol. The molecule has 1 aromatic heterocycles. The third-order valence-corrected chi connectivity index (χ3v) is 14.2. The van der Waals surface area contributed by atoms with E-state index in [2.05, 4.69) is 150 Å². The summed E-state index contributed by atoms with van der Waals surface area (Å²) in [5, 5.41) is 28.4. The molecule has 7 aromatic carbocycles. The molecule has 0 aliphatic heterocycles. The number of para-hydroxylation sites is 2. The molecule has 0 bridgehead atoms. The van der Waals surface area contributed by atoms with Crippen LogP contribution >= 0.6 is 0 Å². The van der Waals surface area contributed by atoms with Gasteiger partial charge in [0.2, 0.25) is 0 Å². The molecule has 48 heavy (non-hydrogen) atoms. The van der Waals surface area contributed by atoms with Crippen LogP contribution in [0.25, 0.3) is 38.6 Å². The lowest BCUT2D eigenvalue weighted by Gasteiger charge is -2.35. The van der Waals surface area contributed by atoms with E-state index in [0.717, 1.165) is 48.6 Å². The van der Waals surface area contributed by atoms with Crippen LogP contribution in [0.1, 0.15) is 11.1 Å². The summed E-state index contributed by atoms with van der Waals surface area (Å²) in [7, 11) is -3.03. The Balaban J connectivity index is 1.39. The second-order valence-electron chi connectivity index (χ2n) is 11.9. The van der Waals surface area contributed by atoms with Crippen molar-refractivity contribution in [1.29, 1.82) is 10.5 Å². The van der Waals surface area contributed by atoms with E-state index in [4.69, 9.17) is 0 Å². The Morgan fingerprint density at radius 2 is 0.917 bits per heavy atom. The van der Waals surface area contributed by atoms with E-state index in [-0.39, 0.29) is 0 Å². The van der Waals surface area contributed by atoms with Crippen LogP contribution in [0.4, 0.5) is 0 Å². The zero-order valence-corrected chi connectivity index (χ0v) is 27.1. The summed E-state index contributed by atoms with van der Waals surface area (Å²) in [5.41, 5.74) is 6.00. The molecule has 8 aromatic rings. The van der Waals surface area contributed by atoms with E-state index in [1.807, 2.05) is 42.5 Å². The molecule has 4 heteroatoms. The van der Waals surface area contributed by atoms with Crippen molar-refractivity contribution in [2.24, 2.45) is 0 Å². The van der Waals surface area contributed by atoms with Crippen LogP contribution in [0.3, 0.4) is 0 Å². The van der Waals surface area contributed by atoms with Gasteiger partial charge in [-0.25, -0.2) is 0 Å². The van der Waals surface area contributed by atoms with Crippen molar-refractivity contribution in [3.05, 3.63) is 187 Å². The molecule has 0 fully saturated rings. The second-order valence-corrected chi connectivity index (χ2v) is 15.7. The summed E-state index contributed by atoms with van der Waals surface area (Å²) < 4.78 is 2.28. The molecule has 0 radical (unpaired) electrons. The number of rotatable bonds is 6. The van der Waals surface area contributed by atoms with Crippen molar-refractivity contribution in [2.75, 3.05) is 0 Å². The molecule has 0 spiro atoms. The molecule has 0 N–H and O–H groups in total. The third kappa shape index (κ3) is 4.55. The monoisotopic (exact) mass is 627 g/mol. The molecule has 224 valence electrons. The summed E-state index contributed by atoms with van der Waals surface area (Å²) in [6.45, 7) is 0. The van der Waals surface area contributed by atoms with Gasteiger partial charge in [0.25, 0.3) is 0 Å². The lowest BCUT2D eigenvalue weighted by Crippen LogP contribution is -2.75. The Morgan fingerprint density at radius 1 is 0.438 bits per heavy atom. The highest BCUT2D eigenvalue weighted by atomic mass is 28.3. The molecule has 0 aliphatic rings. The predicted octanol–water partition coefficient (Wildman–Crippen LogP) is 7.57. The van der Waals surface area contributed by atoms with Crippen molar-refractivity contribution < 1.29 is 0 Å². The number of nitrogens with zero attached hydrogens (tertiary/aromatic N) is 3. The number of nitriles is 2. The molecular formula is C44H29N3Si. The molecule has 0 amide bonds. The fourth-order valence-electron chi connectivity index (χ4n) is 7.38. The zero-order valence-electron chi connectivity index (χ0n) is 26.1. The smallest absolute Gasteiger partial charge is 0.181 e. The summed E-state index contributed by atoms with van der Waals surface area (Å²) in [6.07, 6.45) is 0. The average Bonchev–Trinajstić information content (AvgIpc) is 3.51. The van der Waals surface area contributed by atoms with Gasteiger partial charge in [0.1, 0.15) is 0 Å². The lowest BCUT2D eigenvalue weighted by atomic mass is 9.97. The third-order valence-electron chi connectivity index (χ3n) is 9.42. The molecule has 0 unspecified atom stereocenters. The van der Waals surface area contributed by atoms with E-state index in [1.54, 1.807) is 0 Å². The Hall–Kier alpha value is -6.46. The van der Waals surface area contributed by atoms with Crippen molar-refractivity contribution in [3.8, 4) is 29.0 Å². The first-order valence-electron chi connectivity index (χ1n) is 16.0. The molecule has 1 heterocycles. The molecule has 0 aliphatic carbocycles. The van der Waals surface area contributed by atoms with Gasteiger partial charge in [-0.1, -0.05) is 140 Å². The summed E-state index contributed by atoms with van der Waals surface area (Å²) in [5.74, 6) is 0. The van der Waals surface area contributed by atoms with Crippen LogP contribution < -0.4 is 20.7 Å². The Labute approximate surface area is 280 Å². The fraction of sp³-hybridized carbons (Fsp3) is 0. The highest BCUT2D eigenvalue weighted by molar-refractivity contribution is 7.20. The predicted molar refractivity (Wildman–Crippen MR) is 199 cm³/mol. The van der Waals surface area contributed by atoms with Crippen LogP contribution in [-0.4, -0.2) is 12.6 Å². The van der Waals surface area contributed by atoms with Gasteiger partial charge in [-0.3, -0.25) is 0 Å². The SMILES string of the molecule is N#Cc1cc([Si](c2ccccc2)(c2ccccc2)c2ccccc2)c(C#N)cc1-c1cccc(-n2c3ccccc3c3ccccc32)c1. The van der Waals surface area contributed by atoms with E-state index in [9.17, 15) is 10.5 Å². The quantitative estimate of drug-likeness (QED) is 0.141. The van der Waals surface area contributed by atoms with Crippen molar-refractivity contribution >= 4 is 50.6 Å². The van der Waals surface area contributed by atoms with Crippen LogP contribution in [0.2, 0.25) is 0 Å². The first-order chi connectivity index (χ1) is 23.7. The van der Waals surface area contributed by atoms with Gasteiger partial charge >= 0.3 is 0 Å². The normalized spacial score (nSPS) is 11.3. The zero-order chi connectivity index (χ0) is 32.5. The van der Waals surface area contributed by atoms with Crippen molar-refractivity contribution in [2.45, 2.75) is 0 Å². The van der Waals surface area contributed by atoms with Crippen LogP contribution in [0, 0.1) is 22.7 Å². The van der Waals surface area contributed by atoms with Crippen LogP contribution in [0.5, 0.6) is 0 Å². The molecular weight excluding hydrogens is 599 g/mol. The molecule has 3 nitrogen and oxygen atoms in total. The van der Waals surface area contributed by atoms with Gasteiger partial charge in [0.05, 0.1) is 34.3 Å². The molecule has 0 saturated heterocycles. The minimum atomic E-state index is -3.03. The van der Waals surface area contributed by atoms with E-state index in [1.165, 1.54) is 10.8 Å². The topological polar surface area (TPSA) is 52.5 Å². The van der Waals surface area contributed by atoms with E-state index in [0.29, 0.717) is 11.1 Å². The first kappa shape index (κ1) is 29.0. The summed E-state index contributed by atoms with van der Waals surface area (Å²) in [6, 6.07) is 65.7. The minimum Gasteiger partial charge on any atom is -0.309 e. The largest absolute Gasteiger partial charge is 0.309 e. The van der Waals surface area contributed by atoms with Crippen molar-refractivity contribution in [3.63, 3.8) is 0 Å². The lowest BCUT2D eigenvalue weighted by molar-refractivity contribution is 1.18. The maximum Gasteiger partial charge on any atom is 0.181 e. The maximum absolute atomic E-state index is 10.9. The van der Waals surface area contributed by atoms with Gasteiger partial charge in [-0.2, -0.15) is 10.5 Å². The minimum absolute atomic E-state index is 0.544. The number of fused-ring (bicyclic) bond motifs is 3. The molecule has 0 saturated carbocycles. The van der Waals surface area contributed by atoms with Crippen LogP contribution in [-0.2, 0) is 0 Å². The van der Waals surface area contributed by atoms with E-state index >= 15 is 0 Å². The maximum atomic E-state index is 10.9. The molecule has 0 atom stereocenters. The second kappa shape index (κ2) is 12.0. The highest BCUT2D eigenvalue weighted by Gasteiger charge is 2.43. The Bertz CT molecular complexity index is 2370. The van der Waals surface area contributed by atoms with Gasteiger partial charge in [-0.15, -0.1) is 0 Å². The summed E-state index contributed by atoms with van der Waals surface area (Å²) >= 11 is 0. The number of hydrogen-bond acceptors (Lipinski definition) is 2. The van der Waals surface area contributed by atoms with Crippen molar-refractivity contribution in [1.82, 2.24) is 4.57 Å². The van der Waals surface area contributed by atoms with Gasteiger partial charge in [-0.05, 0) is 62.7 Å². The molecule has 8 rings (SSSR count). The number of hydrogen-bond donors (Lipinski definition) is 0. The van der Waals surface area contributed by atoms with Gasteiger partial charge < -0.3 is 4.57 Å². The standard InChI is InChI=1S/C44H29N3Si/c45-30-33-29-44(48(36-17-4-1-5-18-36,37-19-6-2-7-20-37)38-21-8-3-9-22-38)34(31-46)28-41(33)32-15-14-16-35(27-32)47-42-25-12-10-23-39(42)40-24-11-13-26-43(40)47/h1-29H. The fourth-order valence-corrected chi connectivity index (χ4v) is 12.3. The van der Waals surface area contributed by atoms with E-state index < -0.39 is 8.07 Å². The highest BCUT2D eigenvalue weighted by Crippen LogP contribution is 2.34. The summed E-state index contributed by atoms with van der Waals surface area (Å²) in [4.78, 5) is 0. The first-order valence-corrected chi connectivity index (χ1v) is 18.0. The van der Waals surface area contributed by atoms with Gasteiger partial charge in [0.15, 0.2) is 8.07 Å².